The van der Waals surface area contributed by atoms with Crippen LogP contribution in [0.2, 0.25) is 0 Å². The third-order valence-electron chi connectivity index (χ3n) is 4.58. The van der Waals surface area contributed by atoms with Crippen LogP contribution >= 0.6 is 6.72 Å². The number of benzene rings is 2. The second-order valence-electron chi connectivity index (χ2n) is 7.00. The molecule has 30 heavy (non-hydrogen) atoms. The first-order chi connectivity index (χ1) is 14.4. The Morgan fingerprint density at radius 2 is 1.90 bits per heavy atom. The molecule has 162 valence electrons. The van der Waals surface area contributed by atoms with Crippen molar-refractivity contribution in [3.63, 3.8) is 0 Å². The van der Waals surface area contributed by atoms with Gasteiger partial charge in [0.1, 0.15) is 5.75 Å². The van der Waals surface area contributed by atoms with Crippen molar-refractivity contribution in [2.75, 3.05) is 12.4 Å². The second kappa shape index (κ2) is 10.3. The minimum absolute atomic E-state index is 0.0813. The van der Waals surface area contributed by atoms with Crippen molar-refractivity contribution in [2.24, 2.45) is 0 Å². The van der Waals surface area contributed by atoms with Crippen molar-refractivity contribution in [2.45, 2.75) is 51.5 Å². The molecular weight excluding hydrogens is 437 g/mol. The van der Waals surface area contributed by atoms with Crippen LogP contribution in [0.3, 0.4) is 0 Å². The molecule has 1 aromatic heterocycles. The minimum Gasteiger partial charge on any atom is -0.424 e. The van der Waals surface area contributed by atoms with Gasteiger partial charge in [-0.25, -0.2) is 4.98 Å². The van der Waals surface area contributed by atoms with E-state index in [-0.39, 0.29) is 6.10 Å². The Morgan fingerprint density at radius 1 is 1.13 bits per heavy atom. The van der Waals surface area contributed by atoms with Gasteiger partial charge >= 0.3 is 6.72 Å². The van der Waals surface area contributed by atoms with Crippen molar-refractivity contribution < 1.29 is 17.8 Å². The Labute approximate surface area is 185 Å². The van der Waals surface area contributed by atoms with Gasteiger partial charge in [-0.1, -0.05) is 32.0 Å². The highest BCUT2D eigenvalue weighted by Crippen LogP contribution is 2.51. The highest BCUT2D eigenvalue weighted by Gasteiger charge is 2.26. The number of pyridine rings is 1. The van der Waals surface area contributed by atoms with Gasteiger partial charge in [-0.2, -0.15) is 0 Å². The van der Waals surface area contributed by atoms with Crippen LogP contribution in [-0.2, 0) is 31.7 Å². The molecule has 3 aromatic rings. The summed E-state index contributed by atoms with van der Waals surface area (Å²) in [6, 6.07) is 13.6. The largest absolute Gasteiger partial charge is 0.424 e. The molecule has 0 fully saturated rings. The Balaban J connectivity index is 2.13. The minimum atomic E-state index is -2.99. The van der Waals surface area contributed by atoms with E-state index in [1.54, 1.807) is 6.07 Å². The molecule has 0 saturated carbocycles. The van der Waals surface area contributed by atoms with E-state index in [9.17, 15) is 4.21 Å². The summed E-state index contributed by atoms with van der Waals surface area (Å²) < 4.78 is 30.8. The maximum atomic E-state index is 13.0. The lowest BCUT2D eigenvalue weighted by atomic mass is 10.1. The summed E-state index contributed by atoms with van der Waals surface area (Å²) >= 11 is 5.64. The molecule has 1 heterocycles. The molecule has 0 aliphatic carbocycles. The summed E-state index contributed by atoms with van der Waals surface area (Å²) in [7, 11) is -1.20. The van der Waals surface area contributed by atoms with E-state index < -0.39 is 17.5 Å². The summed E-state index contributed by atoms with van der Waals surface area (Å²) in [5.41, 5.74) is 1.59. The van der Waals surface area contributed by atoms with E-state index >= 15 is 0 Å². The number of para-hydroxylation sites is 1. The highest BCUT2D eigenvalue weighted by molar-refractivity contribution is 8.07. The molecule has 0 bridgehead atoms. The van der Waals surface area contributed by atoms with E-state index in [1.807, 2.05) is 64.1 Å². The van der Waals surface area contributed by atoms with Gasteiger partial charge < -0.3 is 4.52 Å². The lowest BCUT2D eigenvalue weighted by Gasteiger charge is -2.25. The quantitative estimate of drug-likeness (QED) is 0.256. The molecule has 0 aliphatic heterocycles. The van der Waals surface area contributed by atoms with E-state index in [0.29, 0.717) is 23.0 Å². The molecule has 3 atom stereocenters. The zero-order valence-corrected chi connectivity index (χ0v) is 20.3. The molecule has 0 radical (unpaired) electrons. The normalized spacial score (nSPS) is 15.7. The molecule has 8 heteroatoms. The fourth-order valence-corrected chi connectivity index (χ4v) is 6.67. The Bertz CT molecular complexity index is 1110. The van der Waals surface area contributed by atoms with Crippen LogP contribution in [0.25, 0.3) is 21.8 Å². The fourth-order valence-electron chi connectivity index (χ4n) is 3.01. The van der Waals surface area contributed by atoms with Crippen molar-refractivity contribution >= 4 is 51.1 Å². The van der Waals surface area contributed by atoms with E-state index in [4.69, 9.17) is 30.4 Å². The predicted molar refractivity (Wildman–Crippen MR) is 128 cm³/mol. The third-order valence-corrected chi connectivity index (χ3v) is 8.59. The summed E-state index contributed by atoms with van der Waals surface area (Å²) in [6.07, 6.45) is 1.52. The van der Waals surface area contributed by atoms with Gasteiger partial charge in [0.15, 0.2) is 0 Å². The number of fused-ring (bicyclic) bond motifs is 2. The summed E-state index contributed by atoms with van der Waals surface area (Å²) in [5.74, 6) is 1.05. The van der Waals surface area contributed by atoms with Crippen molar-refractivity contribution in [3.05, 3.63) is 42.5 Å². The number of hydrogen-bond acceptors (Lipinski definition) is 6. The first-order valence-corrected chi connectivity index (χ1v) is 14.1. The van der Waals surface area contributed by atoms with Gasteiger partial charge in [0.05, 0.1) is 39.4 Å². The van der Waals surface area contributed by atoms with E-state index in [1.165, 1.54) is 0 Å². The van der Waals surface area contributed by atoms with Gasteiger partial charge in [0, 0.05) is 28.3 Å². The number of hydrogen-bond donors (Lipinski definition) is 0. The molecule has 0 aliphatic rings. The van der Waals surface area contributed by atoms with Gasteiger partial charge in [0.25, 0.3) is 0 Å². The lowest BCUT2D eigenvalue weighted by molar-refractivity contribution is 0.157. The van der Waals surface area contributed by atoms with Crippen LogP contribution in [0, 0.1) is 0 Å². The number of rotatable bonds is 10. The summed E-state index contributed by atoms with van der Waals surface area (Å²) in [6.45, 7) is 5.24. The average molecular weight is 466 g/mol. The highest BCUT2D eigenvalue weighted by atomic mass is 32.5. The standard InChI is InChI=1S/C22H28NO4PS2/c1-5-12-30(24)21-15-19(27-28(29,25-7-3)26-16(4)6-2)14-18-13-17-10-8-9-11-20(17)23-22(18)21/h8-11,13-16H,5-7,12H2,1-4H3. The lowest BCUT2D eigenvalue weighted by Crippen LogP contribution is -2.10. The maximum Gasteiger partial charge on any atom is 0.380 e. The van der Waals surface area contributed by atoms with Crippen molar-refractivity contribution in [1.29, 1.82) is 0 Å². The van der Waals surface area contributed by atoms with Crippen LogP contribution in [0.1, 0.15) is 40.5 Å². The van der Waals surface area contributed by atoms with E-state index in [0.717, 1.165) is 34.6 Å². The first kappa shape index (κ1) is 23.3. The monoisotopic (exact) mass is 465 g/mol. The topological polar surface area (TPSA) is 57.7 Å². The zero-order chi connectivity index (χ0) is 21.7. The molecule has 5 nitrogen and oxygen atoms in total. The smallest absolute Gasteiger partial charge is 0.380 e. The van der Waals surface area contributed by atoms with Crippen LogP contribution in [-0.4, -0.2) is 27.7 Å². The van der Waals surface area contributed by atoms with Crippen LogP contribution < -0.4 is 4.52 Å². The summed E-state index contributed by atoms with van der Waals surface area (Å²) in [5, 5.41) is 1.86. The van der Waals surface area contributed by atoms with E-state index in [2.05, 4.69) is 0 Å². The van der Waals surface area contributed by atoms with Gasteiger partial charge in [0.2, 0.25) is 0 Å². The Hall–Kier alpha value is -1.37. The summed E-state index contributed by atoms with van der Waals surface area (Å²) in [4.78, 5) is 5.44. The zero-order valence-electron chi connectivity index (χ0n) is 17.8. The third kappa shape index (κ3) is 5.45. The molecule has 0 saturated heterocycles. The first-order valence-electron chi connectivity index (χ1n) is 10.2. The van der Waals surface area contributed by atoms with Crippen LogP contribution in [0.5, 0.6) is 5.75 Å². The number of aromatic nitrogens is 1. The molecule has 0 N–H and O–H groups in total. The molecule has 0 amide bonds. The molecule has 0 spiro atoms. The van der Waals surface area contributed by atoms with Crippen LogP contribution in [0.15, 0.2) is 47.4 Å². The van der Waals surface area contributed by atoms with Crippen molar-refractivity contribution in [3.8, 4) is 5.75 Å². The molecule has 3 rings (SSSR count). The van der Waals surface area contributed by atoms with Gasteiger partial charge in [-0.05, 0) is 51.0 Å². The maximum absolute atomic E-state index is 13.0. The predicted octanol–water partition coefficient (Wildman–Crippen LogP) is 6.36. The van der Waals surface area contributed by atoms with Gasteiger partial charge in [-0.3, -0.25) is 13.3 Å². The average Bonchev–Trinajstić information content (AvgIpc) is 2.71. The Morgan fingerprint density at radius 3 is 2.60 bits per heavy atom. The molecule has 3 unspecified atom stereocenters. The Kier molecular flexibility index (Phi) is 7.99. The molecular formula is C22H28NO4PS2. The second-order valence-corrected chi connectivity index (χ2v) is 11.4. The van der Waals surface area contributed by atoms with Gasteiger partial charge in [-0.15, -0.1) is 0 Å². The molecule has 2 aromatic carbocycles. The SMILES string of the molecule is CCCS(=O)c1cc(OP(=S)(OCC)OC(C)CC)cc2cc3ccccc3nc12. The van der Waals surface area contributed by atoms with Crippen molar-refractivity contribution in [1.82, 2.24) is 4.98 Å². The van der Waals surface area contributed by atoms with Crippen LogP contribution in [0.4, 0.5) is 0 Å². The number of nitrogens with zero attached hydrogens (tertiary/aromatic N) is 1. The fraction of sp³-hybridized carbons (Fsp3) is 0.409.